The average Bonchev–Trinajstić information content (AvgIpc) is 2.36. The van der Waals surface area contributed by atoms with E-state index in [2.05, 4.69) is 23.2 Å². The van der Waals surface area contributed by atoms with Crippen molar-refractivity contribution >= 4 is 0 Å². The van der Waals surface area contributed by atoms with Gasteiger partial charge in [0.25, 0.3) is 0 Å². The van der Waals surface area contributed by atoms with Crippen molar-refractivity contribution in [2.45, 2.75) is 13.5 Å². The number of hydrogen-bond donors (Lipinski definition) is 1. The van der Waals surface area contributed by atoms with Gasteiger partial charge in [-0.2, -0.15) is 0 Å². The molecular formula is C14H19NO2. The average molecular weight is 233 g/mol. The molecule has 0 unspecified atom stereocenters. The van der Waals surface area contributed by atoms with E-state index in [-0.39, 0.29) is 0 Å². The molecule has 0 aliphatic rings. The maximum absolute atomic E-state index is 5.49. The van der Waals surface area contributed by atoms with Crippen LogP contribution in [0.15, 0.2) is 24.3 Å². The fraction of sp³-hybridized carbons (Fsp3) is 0.429. The smallest absolute Gasteiger partial charge is 0.149 e. The molecule has 0 spiro atoms. The Labute approximate surface area is 103 Å². The second kappa shape index (κ2) is 8.63. The Morgan fingerprint density at radius 3 is 3.00 bits per heavy atom. The Bertz CT molecular complexity index is 379. The summed E-state index contributed by atoms with van der Waals surface area (Å²) in [7, 11) is 1.70. The second-order valence-corrected chi connectivity index (χ2v) is 3.53. The molecule has 1 aromatic rings. The van der Waals surface area contributed by atoms with Gasteiger partial charge in [-0.1, -0.05) is 18.1 Å². The van der Waals surface area contributed by atoms with Crippen LogP contribution in [0.3, 0.4) is 0 Å². The molecule has 92 valence electrons. The lowest BCUT2D eigenvalue weighted by atomic mass is 10.2. The first-order valence-corrected chi connectivity index (χ1v) is 5.68. The molecule has 0 amide bonds. The minimum atomic E-state index is 0.442. The molecule has 0 bridgehead atoms. The third-order valence-electron chi connectivity index (χ3n) is 2.20. The van der Waals surface area contributed by atoms with Crippen molar-refractivity contribution in [2.24, 2.45) is 0 Å². The molecule has 0 fully saturated rings. The highest BCUT2D eigenvalue weighted by atomic mass is 16.5. The van der Waals surface area contributed by atoms with Crippen LogP contribution in [0.2, 0.25) is 0 Å². The molecule has 1 rings (SSSR count). The van der Waals surface area contributed by atoms with Crippen molar-refractivity contribution < 1.29 is 9.47 Å². The Hall–Kier alpha value is -1.50. The normalized spacial score (nSPS) is 9.53. The summed E-state index contributed by atoms with van der Waals surface area (Å²) >= 11 is 0. The van der Waals surface area contributed by atoms with E-state index in [4.69, 9.17) is 9.47 Å². The Morgan fingerprint density at radius 2 is 2.24 bits per heavy atom. The van der Waals surface area contributed by atoms with Gasteiger partial charge in [-0.3, -0.25) is 0 Å². The molecule has 1 aromatic carbocycles. The molecule has 3 nitrogen and oxygen atoms in total. The van der Waals surface area contributed by atoms with Gasteiger partial charge in [-0.05, 0) is 24.6 Å². The van der Waals surface area contributed by atoms with Crippen molar-refractivity contribution in [3.63, 3.8) is 0 Å². The van der Waals surface area contributed by atoms with Crippen LogP contribution >= 0.6 is 0 Å². The van der Waals surface area contributed by atoms with Gasteiger partial charge < -0.3 is 14.8 Å². The van der Waals surface area contributed by atoms with Crippen LogP contribution in [-0.4, -0.2) is 26.9 Å². The fourth-order valence-corrected chi connectivity index (χ4v) is 1.34. The van der Waals surface area contributed by atoms with E-state index >= 15 is 0 Å². The molecular weight excluding hydrogens is 214 g/mol. The summed E-state index contributed by atoms with van der Waals surface area (Å²) in [6, 6.07) is 8.02. The predicted molar refractivity (Wildman–Crippen MR) is 69.0 cm³/mol. The minimum Gasteiger partial charge on any atom is -0.481 e. The molecule has 0 heterocycles. The van der Waals surface area contributed by atoms with E-state index in [1.165, 1.54) is 5.56 Å². The van der Waals surface area contributed by atoms with Gasteiger partial charge in [0, 0.05) is 20.2 Å². The highest BCUT2D eigenvalue weighted by Crippen LogP contribution is 2.12. The molecule has 0 atom stereocenters. The maximum Gasteiger partial charge on any atom is 0.149 e. The van der Waals surface area contributed by atoms with Crippen LogP contribution in [0, 0.1) is 11.8 Å². The van der Waals surface area contributed by atoms with E-state index in [1.807, 2.05) is 18.2 Å². The first-order chi connectivity index (χ1) is 8.36. The largest absolute Gasteiger partial charge is 0.481 e. The highest BCUT2D eigenvalue weighted by molar-refractivity contribution is 5.28. The van der Waals surface area contributed by atoms with Crippen LogP contribution in [0.5, 0.6) is 5.75 Å². The van der Waals surface area contributed by atoms with Crippen molar-refractivity contribution in [1.29, 1.82) is 0 Å². The van der Waals surface area contributed by atoms with Gasteiger partial charge in [0.1, 0.15) is 12.4 Å². The van der Waals surface area contributed by atoms with Crippen LogP contribution in [0.4, 0.5) is 0 Å². The van der Waals surface area contributed by atoms with Crippen LogP contribution in [0.1, 0.15) is 12.5 Å². The number of hydrogen-bond acceptors (Lipinski definition) is 3. The first kappa shape index (κ1) is 13.6. The molecule has 17 heavy (non-hydrogen) atoms. The standard InChI is InChI=1S/C14H19NO2/c1-3-4-9-17-14-7-5-6-13(11-14)12-15-8-10-16-2/h5-7,11,15H,8-10,12H2,1-2H3. The summed E-state index contributed by atoms with van der Waals surface area (Å²) in [5.74, 6) is 6.53. The summed E-state index contributed by atoms with van der Waals surface area (Å²) < 4.78 is 10.5. The second-order valence-electron chi connectivity index (χ2n) is 3.53. The molecule has 3 heteroatoms. The van der Waals surface area contributed by atoms with Gasteiger partial charge in [0.2, 0.25) is 0 Å². The van der Waals surface area contributed by atoms with Crippen molar-refractivity contribution in [1.82, 2.24) is 5.32 Å². The third kappa shape index (κ3) is 5.96. The van der Waals surface area contributed by atoms with E-state index < -0.39 is 0 Å². The minimum absolute atomic E-state index is 0.442. The van der Waals surface area contributed by atoms with E-state index in [0.717, 1.165) is 25.4 Å². The van der Waals surface area contributed by atoms with Crippen LogP contribution in [-0.2, 0) is 11.3 Å². The maximum atomic E-state index is 5.49. The molecule has 1 N–H and O–H groups in total. The van der Waals surface area contributed by atoms with Gasteiger partial charge in [0.15, 0.2) is 0 Å². The lowest BCUT2D eigenvalue weighted by molar-refractivity contribution is 0.199. The van der Waals surface area contributed by atoms with Crippen LogP contribution < -0.4 is 10.1 Å². The zero-order chi connectivity index (χ0) is 12.3. The quantitative estimate of drug-likeness (QED) is 0.575. The van der Waals surface area contributed by atoms with E-state index in [0.29, 0.717) is 6.61 Å². The molecule has 0 aliphatic carbocycles. The Balaban J connectivity index is 2.38. The number of ether oxygens (including phenoxy) is 2. The molecule has 0 aliphatic heterocycles. The molecule has 0 radical (unpaired) electrons. The molecule has 0 saturated heterocycles. The molecule has 0 saturated carbocycles. The van der Waals surface area contributed by atoms with Gasteiger partial charge in [-0.25, -0.2) is 0 Å². The number of nitrogens with one attached hydrogen (secondary N) is 1. The fourth-order valence-electron chi connectivity index (χ4n) is 1.34. The van der Waals surface area contributed by atoms with Gasteiger partial charge in [-0.15, -0.1) is 5.92 Å². The van der Waals surface area contributed by atoms with Crippen LogP contribution in [0.25, 0.3) is 0 Å². The summed E-state index contributed by atoms with van der Waals surface area (Å²) in [4.78, 5) is 0. The summed E-state index contributed by atoms with van der Waals surface area (Å²) in [6.45, 7) is 4.64. The zero-order valence-corrected chi connectivity index (χ0v) is 10.5. The first-order valence-electron chi connectivity index (χ1n) is 5.68. The highest BCUT2D eigenvalue weighted by Gasteiger charge is 1.96. The number of benzene rings is 1. The summed E-state index contributed by atoms with van der Waals surface area (Å²) in [6.07, 6.45) is 0. The van der Waals surface area contributed by atoms with Crippen molar-refractivity contribution in [3.05, 3.63) is 29.8 Å². The van der Waals surface area contributed by atoms with Crippen molar-refractivity contribution in [2.75, 3.05) is 26.9 Å². The Kier molecular flexibility index (Phi) is 6.89. The number of methoxy groups -OCH3 is 1. The predicted octanol–water partition coefficient (Wildman–Crippen LogP) is 1.82. The SMILES string of the molecule is CC#CCOc1cccc(CNCCOC)c1. The topological polar surface area (TPSA) is 30.5 Å². The van der Waals surface area contributed by atoms with Crippen molar-refractivity contribution in [3.8, 4) is 17.6 Å². The van der Waals surface area contributed by atoms with E-state index in [1.54, 1.807) is 14.0 Å². The monoisotopic (exact) mass is 233 g/mol. The van der Waals surface area contributed by atoms with E-state index in [9.17, 15) is 0 Å². The lowest BCUT2D eigenvalue weighted by Crippen LogP contribution is -2.18. The van der Waals surface area contributed by atoms with Gasteiger partial charge in [0.05, 0.1) is 6.61 Å². The Morgan fingerprint density at radius 1 is 1.35 bits per heavy atom. The number of rotatable bonds is 7. The summed E-state index contributed by atoms with van der Waals surface area (Å²) in [5, 5.41) is 3.29. The van der Waals surface area contributed by atoms with Gasteiger partial charge >= 0.3 is 0 Å². The zero-order valence-electron chi connectivity index (χ0n) is 10.5. The lowest BCUT2D eigenvalue weighted by Gasteiger charge is -2.07. The third-order valence-corrected chi connectivity index (χ3v) is 2.20. The summed E-state index contributed by atoms with van der Waals surface area (Å²) in [5.41, 5.74) is 1.20. The molecule has 0 aromatic heterocycles.